The van der Waals surface area contributed by atoms with Gasteiger partial charge in [-0.1, -0.05) is 35.9 Å². The number of rotatable bonds is 2. The Morgan fingerprint density at radius 3 is 2.63 bits per heavy atom. The average molecular weight is 353 g/mol. The maximum Gasteiger partial charge on any atom is 0.231 e. The Morgan fingerprint density at radius 1 is 0.963 bits per heavy atom. The van der Waals surface area contributed by atoms with Gasteiger partial charge in [0.25, 0.3) is 0 Å². The van der Waals surface area contributed by atoms with Crippen LogP contribution in [0.1, 0.15) is 28.4 Å². The third-order valence-electron chi connectivity index (χ3n) is 5.23. The summed E-state index contributed by atoms with van der Waals surface area (Å²) in [5.41, 5.74) is 5.11. The summed E-state index contributed by atoms with van der Waals surface area (Å²) in [6.07, 6.45) is 1.84. The van der Waals surface area contributed by atoms with Gasteiger partial charge in [0.2, 0.25) is 5.78 Å². The van der Waals surface area contributed by atoms with E-state index in [1.807, 2.05) is 37.3 Å². The van der Waals surface area contributed by atoms with E-state index in [9.17, 15) is 4.79 Å². The van der Waals surface area contributed by atoms with E-state index in [-0.39, 0.29) is 5.78 Å². The highest BCUT2D eigenvalue weighted by atomic mass is 16.5. The minimum absolute atomic E-state index is 0.0511. The maximum absolute atomic E-state index is 12.7. The van der Waals surface area contributed by atoms with Crippen LogP contribution in [-0.2, 0) is 6.54 Å². The molecule has 0 fully saturated rings. The molecule has 0 bridgehead atoms. The predicted octanol–water partition coefficient (Wildman–Crippen LogP) is 5.74. The van der Waals surface area contributed by atoms with Gasteiger partial charge in [0.05, 0.1) is 5.56 Å². The standard InChI is InChI=1S/C24H19NO2/c1-3-25-20-7-5-4-6-17(20)18-13-16(9-10-21(18)25)14-23-24(26)19-12-15(2)8-11-22(19)27-23/h4-14H,3H2,1-2H3/b23-14-. The zero-order valence-electron chi connectivity index (χ0n) is 15.3. The van der Waals surface area contributed by atoms with Crippen molar-refractivity contribution >= 4 is 33.7 Å². The number of Topliss-reactive ketones (excluding diaryl/α,β-unsaturated/α-hetero) is 1. The summed E-state index contributed by atoms with van der Waals surface area (Å²) >= 11 is 0. The first-order chi connectivity index (χ1) is 13.2. The van der Waals surface area contributed by atoms with Crippen molar-refractivity contribution in [1.82, 2.24) is 4.57 Å². The smallest absolute Gasteiger partial charge is 0.231 e. The lowest BCUT2D eigenvalue weighted by molar-refractivity contribution is 0.101. The fourth-order valence-corrected chi connectivity index (χ4v) is 3.96. The second kappa shape index (κ2) is 5.85. The van der Waals surface area contributed by atoms with E-state index in [2.05, 4.69) is 47.9 Å². The molecule has 0 atom stereocenters. The number of nitrogens with zero attached hydrogens (tertiary/aromatic N) is 1. The Kier molecular flexibility index (Phi) is 3.44. The van der Waals surface area contributed by atoms with Crippen LogP contribution in [0.15, 0.2) is 66.4 Å². The van der Waals surface area contributed by atoms with Gasteiger partial charge in [-0.3, -0.25) is 4.79 Å². The number of aryl methyl sites for hydroxylation is 2. The third-order valence-corrected chi connectivity index (χ3v) is 5.23. The Morgan fingerprint density at radius 2 is 1.78 bits per heavy atom. The number of benzene rings is 3. The SMILES string of the molecule is CCn1c2ccccc2c2cc(/C=C3\Oc4ccc(C)cc4C3=O)ccc21. The molecule has 0 saturated heterocycles. The van der Waals surface area contributed by atoms with E-state index < -0.39 is 0 Å². The number of allylic oxidation sites excluding steroid dienone is 1. The van der Waals surface area contributed by atoms with Crippen LogP contribution in [0.3, 0.4) is 0 Å². The molecule has 1 aromatic heterocycles. The van der Waals surface area contributed by atoms with Gasteiger partial charge in [0, 0.05) is 28.4 Å². The van der Waals surface area contributed by atoms with Crippen molar-refractivity contribution in [1.29, 1.82) is 0 Å². The normalized spacial score (nSPS) is 14.9. The molecule has 0 radical (unpaired) electrons. The number of hydrogen-bond donors (Lipinski definition) is 0. The van der Waals surface area contributed by atoms with Crippen LogP contribution in [0.2, 0.25) is 0 Å². The van der Waals surface area contributed by atoms with Crippen LogP contribution in [-0.4, -0.2) is 10.4 Å². The first kappa shape index (κ1) is 15.9. The molecule has 0 amide bonds. The molecule has 3 heteroatoms. The molecule has 132 valence electrons. The van der Waals surface area contributed by atoms with Gasteiger partial charge in [-0.05, 0) is 55.8 Å². The zero-order chi connectivity index (χ0) is 18.5. The molecular formula is C24H19NO2. The second-order valence-electron chi connectivity index (χ2n) is 6.98. The van der Waals surface area contributed by atoms with Crippen LogP contribution in [0.5, 0.6) is 5.75 Å². The molecule has 0 unspecified atom stereocenters. The number of carbonyl (C=O) groups excluding carboxylic acids is 1. The second-order valence-corrected chi connectivity index (χ2v) is 6.98. The molecule has 4 aromatic rings. The van der Waals surface area contributed by atoms with Gasteiger partial charge in [-0.2, -0.15) is 0 Å². The van der Waals surface area contributed by atoms with E-state index in [4.69, 9.17) is 4.74 Å². The molecule has 3 nitrogen and oxygen atoms in total. The molecular weight excluding hydrogens is 334 g/mol. The largest absolute Gasteiger partial charge is 0.452 e. The number of fused-ring (bicyclic) bond motifs is 4. The summed E-state index contributed by atoms with van der Waals surface area (Å²) in [4.78, 5) is 12.7. The molecule has 1 aliphatic rings. The Balaban J connectivity index is 1.64. The highest BCUT2D eigenvalue weighted by molar-refractivity contribution is 6.15. The number of aromatic nitrogens is 1. The summed E-state index contributed by atoms with van der Waals surface area (Å²) in [6, 6.07) is 20.5. The summed E-state index contributed by atoms with van der Waals surface area (Å²) < 4.78 is 8.13. The topological polar surface area (TPSA) is 31.2 Å². The zero-order valence-corrected chi connectivity index (χ0v) is 15.3. The number of ketones is 1. The van der Waals surface area contributed by atoms with Crippen LogP contribution in [0, 0.1) is 6.92 Å². The van der Waals surface area contributed by atoms with E-state index in [0.29, 0.717) is 17.1 Å². The highest BCUT2D eigenvalue weighted by Crippen LogP contribution is 2.34. The molecule has 3 aromatic carbocycles. The van der Waals surface area contributed by atoms with Gasteiger partial charge in [-0.15, -0.1) is 0 Å². The van der Waals surface area contributed by atoms with E-state index in [1.54, 1.807) is 0 Å². The summed E-state index contributed by atoms with van der Waals surface area (Å²) in [7, 11) is 0. The van der Waals surface area contributed by atoms with Crippen molar-refractivity contribution in [2.45, 2.75) is 20.4 Å². The average Bonchev–Trinajstić information content (AvgIpc) is 3.16. The number of hydrogen-bond acceptors (Lipinski definition) is 2. The van der Waals surface area contributed by atoms with Crippen LogP contribution >= 0.6 is 0 Å². The predicted molar refractivity (Wildman–Crippen MR) is 109 cm³/mol. The molecule has 27 heavy (non-hydrogen) atoms. The lowest BCUT2D eigenvalue weighted by atomic mass is 10.1. The molecule has 0 spiro atoms. The molecule has 2 heterocycles. The van der Waals surface area contributed by atoms with E-state index >= 15 is 0 Å². The minimum atomic E-state index is -0.0511. The number of ether oxygens (including phenoxy) is 1. The molecule has 1 aliphatic heterocycles. The van der Waals surface area contributed by atoms with Gasteiger partial charge >= 0.3 is 0 Å². The van der Waals surface area contributed by atoms with Crippen molar-refractivity contribution in [2.24, 2.45) is 0 Å². The molecule has 5 rings (SSSR count). The van der Waals surface area contributed by atoms with Crippen LogP contribution < -0.4 is 4.74 Å². The van der Waals surface area contributed by atoms with Gasteiger partial charge in [0.1, 0.15) is 5.75 Å². The van der Waals surface area contributed by atoms with Crippen LogP contribution in [0.4, 0.5) is 0 Å². The minimum Gasteiger partial charge on any atom is -0.452 e. The Hall–Kier alpha value is -3.33. The summed E-state index contributed by atoms with van der Waals surface area (Å²) in [6.45, 7) is 5.05. The van der Waals surface area contributed by atoms with Crippen LogP contribution in [0.25, 0.3) is 27.9 Å². The van der Waals surface area contributed by atoms with Crippen molar-refractivity contribution < 1.29 is 9.53 Å². The first-order valence-corrected chi connectivity index (χ1v) is 9.21. The van der Waals surface area contributed by atoms with Gasteiger partial charge in [0.15, 0.2) is 5.76 Å². The van der Waals surface area contributed by atoms with Gasteiger partial charge < -0.3 is 9.30 Å². The maximum atomic E-state index is 12.7. The molecule has 0 N–H and O–H groups in total. The fraction of sp³-hybridized carbons (Fsp3) is 0.125. The highest BCUT2D eigenvalue weighted by Gasteiger charge is 2.27. The Labute approximate surface area is 157 Å². The lowest BCUT2D eigenvalue weighted by Crippen LogP contribution is -1.98. The summed E-state index contributed by atoms with van der Waals surface area (Å²) in [5.74, 6) is 0.972. The first-order valence-electron chi connectivity index (χ1n) is 9.21. The molecule has 0 saturated carbocycles. The third kappa shape index (κ3) is 2.39. The summed E-state index contributed by atoms with van der Waals surface area (Å²) in [5, 5.41) is 2.42. The number of para-hydroxylation sites is 1. The van der Waals surface area contributed by atoms with Gasteiger partial charge in [-0.25, -0.2) is 0 Å². The fourth-order valence-electron chi connectivity index (χ4n) is 3.96. The lowest BCUT2D eigenvalue weighted by Gasteiger charge is -2.03. The van der Waals surface area contributed by atoms with Crippen molar-refractivity contribution in [3.05, 3.63) is 83.1 Å². The van der Waals surface area contributed by atoms with Crippen molar-refractivity contribution in [3.63, 3.8) is 0 Å². The monoisotopic (exact) mass is 353 g/mol. The number of carbonyl (C=O) groups is 1. The Bertz CT molecular complexity index is 1260. The van der Waals surface area contributed by atoms with E-state index in [1.165, 1.54) is 21.8 Å². The van der Waals surface area contributed by atoms with Crippen molar-refractivity contribution in [2.75, 3.05) is 0 Å². The molecule has 0 aliphatic carbocycles. The van der Waals surface area contributed by atoms with Crippen molar-refractivity contribution in [3.8, 4) is 5.75 Å². The van der Waals surface area contributed by atoms with E-state index in [0.717, 1.165) is 17.7 Å². The quantitative estimate of drug-likeness (QED) is 0.430.